The first-order chi connectivity index (χ1) is 9.56. The summed E-state index contributed by atoms with van der Waals surface area (Å²) < 4.78 is 0. The molecule has 0 aliphatic heterocycles. The molecule has 0 heterocycles. The lowest BCUT2D eigenvalue weighted by atomic mass is 10.1. The molecule has 5 nitrogen and oxygen atoms in total. The van der Waals surface area contributed by atoms with E-state index in [1.54, 1.807) is 12.1 Å². The van der Waals surface area contributed by atoms with Gasteiger partial charge in [0.2, 0.25) is 5.91 Å². The highest BCUT2D eigenvalue weighted by Gasteiger charge is 2.28. The lowest BCUT2D eigenvalue weighted by molar-refractivity contribution is -0.119. The fraction of sp³-hybridized carbons (Fsp3) is 0.467. The molecule has 5 heteroatoms. The van der Waals surface area contributed by atoms with Crippen molar-refractivity contribution in [3.8, 4) is 0 Å². The van der Waals surface area contributed by atoms with Gasteiger partial charge in [-0.3, -0.25) is 9.59 Å². The smallest absolute Gasteiger partial charge is 0.251 e. The number of carbonyl (C=O) groups is 2. The zero-order chi connectivity index (χ0) is 14.5. The highest BCUT2D eigenvalue weighted by molar-refractivity contribution is 5.94. The Hall–Kier alpha value is -1.88. The van der Waals surface area contributed by atoms with E-state index in [2.05, 4.69) is 10.6 Å². The van der Waals surface area contributed by atoms with Crippen LogP contribution in [0.3, 0.4) is 0 Å². The molecule has 0 radical (unpaired) electrons. The minimum absolute atomic E-state index is 0.0676. The van der Waals surface area contributed by atoms with E-state index in [9.17, 15) is 9.59 Å². The van der Waals surface area contributed by atoms with E-state index >= 15 is 0 Å². The Kier molecular flexibility index (Phi) is 4.74. The first-order valence-electron chi connectivity index (χ1n) is 6.93. The van der Waals surface area contributed by atoms with E-state index in [1.807, 2.05) is 12.1 Å². The van der Waals surface area contributed by atoms with E-state index < -0.39 is 0 Å². The van der Waals surface area contributed by atoms with Crippen LogP contribution in [0.2, 0.25) is 0 Å². The van der Waals surface area contributed by atoms with Crippen LogP contribution in [-0.2, 0) is 11.3 Å². The Balaban J connectivity index is 1.81. The number of amides is 2. The van der Waals surface area contributed by atoms with Crippen molar-refractivity contribution in [1.29, 1.82) is 0 Å². The molecule has 2 rings (SSSR count). The van der Waals surface area contributed by atoms with Crippen molar-refractivity contribution >= 4 is 11.8 Å². The Morgan fingerprint density at radius 2 is 1.90 bits per heavy atom. The molecular weight excluding hydrogens is 254 g/mol. The maximum absolute atomic E-state index is 11.9. The number of rotatable bonds is 6. The van der Waals surface area contributed by atoms with Crippen LogP contribution >= 0.6 is 0 Å². The third-order valence-electron chi connectivity index (χ3n) is 3.48. The van der Waals surface area contributed by atoms with E-state index in [-0.39, 0.29) is 17.9 Å². The number of hydrogen-bond donors (Lipinski definition) is 3. The molecule has 1 saturated carbocycles. The molecule has 0 spiro atoms. The van der Waals surface area contributed by atoms with Crippen LogP contribution in [0.4, 0.5) is 0 Å². The van der Waals surface area contributed by atoms with Gasteiger partial charge in [0.25, 0.3) is 5.91 Å². The van der Waals surface area contributed by atoms with Gasteiger partial charge in [-0.1, -0.05) is 12.1 Å². The van der Waals surface area contributed by atoms with Gasteiger partial charge in [-0.15, -0.1) is 0 Å². The predicted molar refractivity (Wildman–Crippen MR) is 77.0 cm³/mol. The molecule has 0 saturated heterocycles. The molecule has 1 aliphatic rings. The second kappa shape index (κ2) is 6.52. The van der Waals surface area contributed by atoms with Gasteiger partial charge in [0.15, 0.2) is 0 Å². The van der Waals surface area contributed by atoms with Crippen molar-refractivity contribution in [1.82, 2.24) is 10.6 Å². The molecule has 2 amide bonds. The topological polar surface area (TPSA) is 84.2 Å². The maximum atomic E-state index is 11.9. The van der Waals surface area contributed by atoms with E-state index in [0.717, 1.165) is 5.56 Å². The summed E-state index contributed by atoms with van der Waals surface area (Å²) in [4.78, 5) is 22.7. The summed E-state index contributed by atoms with van der Waals surface area (Å²) in [5.41, 5.74) is 7.52. The van der Waals surface area contributed by atoms with Gasteiger partial charge in [0, 0.05) is 31.6 Å². The summed E-state index contributed by atoms with van der Waals surface area (Å²) >= 11 is 0. The number of carbonyl (C=O) groups excluding carboxylic acids is 2. The predicted octanol–water partition coefficient (Wildman–Crippen LogP) is 0.790. The van der Waals surface area contributed by atoms with Crippen LogP contribution in [0.5, 0.6) is 0 Å². The van der Waals surface area contributed by atoms with Crippen molar-refractivity contribution in [3.05, 3.63) is 35.4 Å². The Bertz CT molecular complexity index is 480. The number of nitrogens with two attached hydrogens (primary N) is 1. The third-order valence-corrected chi connectivity index (χ3v) is 3.48. The number of nitrogens with one attached hydrogen (secondary N) is 2. The maximum Gasteiger partial charge on any atom is 0.251 e. The molecule has 1 aromatic carbocycles. The van der Waals surface area contributed by atoms with Crippen LogP contribution < -0.4 is 16.4 Å². The lowest BCUT2D eigenvalue weighted by Gasteiger charge is -2.11. The summed E-state index contributed by atoms with van der Waals surface area (Å²) in [6.07, 6.45) is 2.35. The minimum Gasteiger partial charge on any atom is -0.352 e. The molecule has 1 unspecified atom stereocenters. The second-order valence-electron chi connectivity index (χ2n) is 5.32. The van der Waals surface area contributed by atoms with Crippen molar-refractivity contribution < 1.29 is 9.59 Å². The lowest BCUT2D eigenvalue weighted by Crippen LogP contribution is -2.38. The molecular formula is C15H21N3O2. The van der Waals surface area contributed by atoms with Crippen molar-refractivity contribution in [2.45, 2.75) is 32.4 Å². The van der Waals surface area contributed by atoms with Crippen LogP contribution in [0, 0.1) is 5.92 Å². The van der Waals surface area contributed by atoms with Crippen LogP contribution in [0.15, 0.2) is 24.3 Å². The van der Waals surface area contributed by atoms with Crippen molar-refractivity contribution in [2.75, 3.05) is 6.54 Å². The van der Waals surface area contributed by atoms with Gasteiger partial charge in [-0.2, -0.15) is 0 Å². The molecule has 1 atom stereocenters. The fourth-order valence-electron chi connectivity index (χ4n) is 2.00. The number of hydrogen-bond acceptors (Lipinski definition) is 3. The van der Waals surface area contributed by atoms with E-state index in [4.69, 9.17) is 5.73 Å². The molecule has 20 heavy (non-hydrogen) atoms. The Morgan fingerprint density at radius 3 is 2.45 bits per heavy atom. The van der Waals surface area contributed by atoms with E-state index in [0.29, 0.717) is 24.6 Å². The molecule has 1 fully saturated rings. The highest BCUT2D eigenvalue weighted by atomic mass is 16.2. The fourth-order valence-corrected chi connectivity index (χ4v) is 2.00. The average molecular weight is 275 g/mol. The molecule has 0 bridgehead atoms. The molecule has 1 aliphatic carbocycles. The van der Waals surface area contributed by atoms with Crippen molar-refractivity contribution in [3.63, 3.8) is 0 Å². The van der Waals surface area contributed by atoms with Gasteiger partial charge >= 0.3 is 0 Å². The second-order valence-corrected chi connectivity index (χ2v) is 5.32. The monoisotopic (exact) mass is 275 g/mol. The van der Waals surface area contributed by atoms with Crippen LogP contribution in [-0.4, -0.2) is 24.4 Å². The minimum atomic E-state index is -0.104. The third kappa shape index (κ3) is 4.35. The van der Waals surface area contributed by atoms with Gasteiger partial charge in [-0.05, 0) is 36.5 Å². The van der Waals surface area contributed by atoms with Gasteiger partial charge in [0.05, 0.1) is 0 Å². The summed E-state index contributed by atoms with van der Waals surface area (Å²) in [6, 6.07) is 7.26. The van der Waals surface area contributed by atoms with Gasteiger partial charge < -0.3 is 16.4 Å². The quantitative estimate of drug-likeness (QED) is 0.717. The Labute approximate surface area is 118 Å². The Morgan fingerprint density at radius 1 is 1.25 bits per heavy atom. The standard InChI is InChI=1S/C15H21N3O2/c1-10(19)17-8-11-2-4-13(5-3-11)15(20)18-9-14(16)12-6-7-12/h2-5,12,14H,6-9,16H2,1H3,(H,17,19)(H,18,20). The SMILES string of the molecule is CC(=O)NCc1ccc(C(=O)NCC(N)C2CC2)cc1. The van der Waals surface area contributed by atoms with Gasteiger partial charge in [0.1, 0.15) is 0 Å². The summed E-state index contributed by atoms with van der Waals surface area (Å²) in [7, 11) is 0. The van der Waals surface area contributed by atoms with Crippen LogP contribution in [0.25, 0.3) is 0 Å². The highest BCUT2D eigenvalue weighted by Crippen LogP contribution is 2.31. The van der Waals surface area contributed by atoms with E-state index in [1.165, 1.54) is 19.8 Å². The van der Waals surface area contributed by atoms with Crippen LogP contribution in [0.1, 0.15) is 35.7 Å². The number of benzene rings is 1. The summed E-state index contributed by atoms with van der Waals surface area (Å²) in [5.74, 6) is 0.406. The van der Waals surface area contributed by atoms with Gasteiger partial charge in [-0.25, -0.2) is 0 Å². The molecule has 1 aromatic rings. The summed E-state index contributed by atoms with van der Waals surface area (Å²) in [5, 5.41) is 5.57. The molecule has 0 aromatic heterocycles. The molecule has 108 valence electrons. The first-order valence-corrected chi connectivity index (χ1v) is 6.93. The van der Waals surface area contributed by atoms with Crippen molar-refractivity contribution in [2.24, 2.45) is 11.7 Å². The average Bonchev–Trinajstić information content (AvgIpc) is 3.27. The first kappa shape index (κ1) is 14.5. The normalized spacial score (nSPS) is 15.5. The zero-order valence-electron chi connectivity index (χ0n) is 11.7. The summed E-state index contributed by atoms with van der Waals surface area (Å²) in [6.45, 7) is 2.48. The molecule has 4 N–H and O–H groups in total. The zero-order valence-corrected chi connectivity index (χ0v) is 11.7. The largest absolute Gasteiger partial charge is 0.352 e.